The van der Waals surface area contributed by atoms with E-state index in [4.69, 9.17) is 4.74 Å². The molecule has 0 unspecified atom stereocenters. The molecule has 1 aromatic carbocycles. The van der Waals surface area contributed by atoms with Crippen molar-refractivity contribution in [3.63, 3.8) is 0 Å². The predicted octanol–water partition coefficient (Wildman–Crippen LogP) is 1.96. The second-order valence-electron chi connectivity index (χ2n) is 8.30. The Morgan fingerprint density at radius 3 is 2.35 bits per heavy atom. The maximum Gasteiger partial charge on any atom is 0.410 e. The number of nitrogens with zero attached hydrogens (tertiary/aromatic N) is 3. The molecular weight excluding hydrogens is 330 g/mol. The van der Waals surface area contributed by atoms with Crippen LogP contribution in [-0.2, 0) is 4.74 Å². The lowest BCUT2D eigenvalue weighted by Gasteiger charge is -2.48. The summed E-state index contributed by atoms with van der Waals surface area (Å²) in [5, 5.41) is 10.4. The molecule has 1 amide bonds. The number of aliphatic hydroxyl groups is 1. The summed E-state index contributed by atoms with van der Waals surface area (Å²) in [5.41, 5.74) is 0.537. The van der Waals surface area contributed by atoms with Gasteiger partial charge in [0.25, 0.3) is 0 Å². The number of β-amino-alcohol motifs (C(OH)–C–C–N with tert-alkyl or cyclic N) is 1. The van der Waals surface area contributed by atoms with Crippen LogP contribution in [0.4, 0.5) is 4.79 Å². The number of benzene rings is 1. The van der Waals surface area contributed by atoms with Gasteiger partial charge in [-0.05, 0) is 26.3 Å². The number of hydrogen-bond donors (Lipinski definition) is 1. The Bertz CT molecular complexity index is 588. The highest BCUT2D eigenvalue weighted by Gasteiger charge is 2.38. The molecule has 1 atom stereocenters. The molecule has 0 bridgehead atoms. The van der Waals surface area contributed by atoms with Gasteiger partial charge < -0.3 is 14.7 Å². The first-order valence-electron chi connectivity index (χ1n) is 9.49. The molecular formula is C20H31N3O3. The van der Waals surface area contributed by atoms with E-state index in [9.17, 15) is 9.90 Å². The summed E-state index contributed by atoms with van der Waals surface area (Å²) >= 11 is 0. The summed E-state index contributed by atoms with van der Waals surface area (Å²) in [4.78, 5) is 18.6. The van der Waals surface area contributed by atoms with Crippen molar-refractivity contribution in [2.75, 3.05) is 45.8 Å². The van der Waals surface area contributed by atoms with Gasteiger partial charge in [0.1, 0.15) is 5.60 Å². The number of carbonyl (C=O) groups excluding carboxylic acids is 1. The quantitative estimate of drug-likeness (QED) is 0.888. The van der Waals surface area contributed by atoms with Crippen LogP contribution in [-0.4, -0.2) is 83.4 Å². The van der Waals surface area contributed by atoms with Gasteiger partial charge in [0.05, 0.1) is 6.10 Å². The molecule has 3 rings (SSSR count). The molecule has 2 fully saturated rings. The third-order valence-corrected chi connectivity index (χ3v) is 5.05. The van der Waals surface area contributed by atoms with Gasteiger partial charge in [0, 0.05) is 51.9 Å². The first-order valence-corrected chi connectivity index (χ1v) is 9.49. The number of hydrogen-bond acceptors (Lipinski definition) is 5. The van der Waals surface area contributed by atoms with Gasteiger partial charge in [0.2, 0.25) is 0 Å². The third kappa shape index (κ3) is 4.96. The van der Waals surface area contributed by atoms with E-state index in [1.165, 1.54) is 0 Å². The summed E-state index contributed by atoms with van der Waals surface area (Å²) in [6, 6.07) is 10.3. The second-order valence-corrected chi connectivity index (χ2v) is 8.30. The van der Waals surface area contributed by atoms with Crippen molar-refractivity contribution in [3.05, 3.63) is 35.9 Å². The van der Waals surface area contributed by atoms with Crippen molar-refractivity contribution >= 4 is 6.09 Å². The van der Waals surface area contributed by atoms with Gasteiger partial charge in [-0.15, -0.1) is 0 Å². The monoisotopic (exact) mass is 361 g/mol. The highest BCUT2D eigenvalue weighted by molar-refractivity contribution is 5.69. The number of ether oxygens (including phenoxy) is 1. The van der Waals surface area contributed by atoms with Crippen molar-refractivity contribution in [1.29, 1.82) is 0 Å². The fourth-order valence-electron chi connectivity index (χ4n) is 3.50. The molecule has 0 aliphatic carbocycles. The molecule has 2 aliphatic heterocycles. The summed E-state index contributed by atoms with van der Waals surface area (Å²) in [5.74, 6) is 0. The number of piperazine rings is 1. The average molecular weight is 361 g/mol. The largest absolute Gasteiger partial charge is 0.444 e. The molecule has 2 heterocycles. The van der Waals surface area contributed by atoms with Crippen LogP contribution in [0.3, 0.4) is 0 Å². The number of aliphatic hydroxyl groups excluding tert-OH is 1. The van der Waals surface area contributed by atoms with Crippen LogP contribution in [0.25, 0.3) is 0 Å². The van der Waals surface area contributed by atoms with Crippen molar-refractivity contribution in [2.24, 2.45) is 0 Å². The minimum Gasteiger partial charge on any atom is -0.444 e. The lowest BCUT2D eigenvalue weighted by atomic mass is 10.1. The minimum absolute atomic E-state index is 0.210. The van der Waals surface area contributed by atoms with E-state index >= 15 is 0 Å². The van der Waals surface area contributed by atoms with Crippen LogP contribution >= 0.6 is 0 Å². The molecule has 144 valence electrons. The smallest absolute Gasteiger partial charge is 0.410 e. The van der Waals surface area contributed by atoms with Gasteiger partial charge in [0.15, 0.2) is 0 Å². The fraction of sp³-hybridized carbons (Fsp3) is 0.650. The molecule has 0 saturated carbocycles. The SMILES string of the molecule is CC(C)(C)OC(=O)N1CC(N2CCN(C[C@H](O)c3ccccc3)CC2)C1. The molecule has 2 aliphatic rings. The number of amides is 1. The van der Waals surface area contributed by atoms with Gasteiger partial charge >= 0.3 is 6.09 Å². The van der Waals surface area contributed by atoms with E-state index in [0.29, 0.717) is 12.6 Å². The van der Waals surface area contributed by atoms with Crippen LogP contribution in [0.5, 0.6) is 0 Å². The van der Waals surface area contributed by atoms with Gasteiger partial charge in [-0.1, -0.05) is 30.3 Å². The summed E-state index contributed by atoms with van der Waals surface area (Å²) < 4.78 is 5.41. The van der Waals surface area contributed by atoms with E-state index in [0.717, 1.165) is 44.8 Å². The summed E-state index contributed by atoms with van der Waals surface area (Å²) in [6.07, 6.45) is -0.646. The first kappa shape index (κ1) is 19.1. The molecule has 6 heteroatoms. The van der Waals surface area contributed by atoms with E-state index in [2.05, 4.69) is 9.80 Å². The van der Waals surface area contributed by atoms with Gasteiger partial charge in [-0.2, -0.15) is 0 Å². The Labute approximate surface area is 156 Å². The Kier molecular flexibility index (Phi) is 5.85. The molecule has 6 nitrogen and oxygen atoms in total. The summed E-state index contributed by atoms with van der Waals surface area (Å²) in [6.45, 7) is 11.7. The Morgan fingerprint density at radius 1 is 1.15 bits per heavy atom. The van der Waals surface area contributed by atoms with Crippen LogP contribution in [0.15, 0.2) is 30.3 Å². The highest BCUT2D eigenvalue weighted by Crippen LogP contribution is 2.21. The van der Waals surface area contributed by atoms with Gasteiger partial charge in [-0.3, -0.25) is 9.80 Å². The Morgan fingerprint density at radius 2 is 1.77 bits per heavy atom. The summed E-state index contributed by atoms with van der Waals surface area (Å²) in [7, 11) is 0. The van der Waals surface area contributed by atoms with Crippen LogP contribution in [0.1, 0.15) is 32.4 Å². The predicted molar refractivity (Wildman–Crippen MR) is 101 cm³/mol. The average Bonchev–Trinajstić information content (AvgIpc) is 2.54. The molecule has 1 N–H and O–H groups in total. The first-order chi connectivity index (χ1) is 12.3. The maximum atomic E-state index is 12.0. The molecule has 0 radical (unpaired) electrons. The van der Waals surface area contributed by atoms with Gasteiger partial charge in [-0.25, -0.2) is 4.79 Å². The van der Waals surface area contributed by atoms with Crippen LogP contribution in [0.2, 0.25) is 0 Å². The zero-order chi connectivity index (χ0) is 18.7. The number of rotatable bonds is 4. The van der Waals surface area contributed by atoms with Crippen molar-refractivity contribution in [3.8, 4) is 0 Å². The van der Waals surface area contributed by atoms with Crippen molar-refractivity contribution in [2.45, 2.75) is 38.5 Å². The van der Waals surface area contributed by atoms with Crippen molar-refractivity contribution < 1.29 is 14.6 Å². The topological polar surface area (TPSA) is 56.2 Å². The maximum absolute atomic E-state index is 12.0. The van der Waals surface area contributed by atoms with Crippen LogP contribution in [0, 0.1) is 0 Å². The zero-order valence-electron chi connectivity index (χ0n) is 16.1. The molecule has 26 heavy (non-hydrogen) atoms. The van der Waals surface area contributed by atoms with E-state index in [1.54, 1.807) is 4.90 Å². The van der Waals surface area contributed by atoms with Crippen molar-refractivity contribution in [1.82, 2.24) is 14.7 Å². The Balaban J connectivity index is 1.38. The lowest BCUT2D eigenvalue weighted by Crippen LogP contribution is -2.64. The van der Waals surface area contributed by atoms with Crippen LogP contribution < -0.4 is 0 Å². The van der Waals surface area contributed by atoms with E-state index in [-0.39, 0.29) is 6.09 Å². The van der Waals surface area contributed by atoms with E-state index in [1.807, 2.05) is 51.1 Å². The zero-order valence-corrected chi connectivity index (χ0v) is 16.1. The Hall–Kier alpha value is -1.63. The van der Waals surface area contributed by atoms with E-state index < -0.39 is 11.7 Å². The standard InChI is InChI=1S/C20H31N3O3/c1-20(2,3)26-19(25)23-13-17(14-23)22-11-9-21(10-12-22)15-18(24)16-7-5-4-6-8-16/h4-8,17-18,24H,9-15H2,1-3H3/t18-/m0/s1. The number of carbonyl (C=O) groups is 1. The third-order valence-electron chi connectivity index (χ3n) is 5.05. The fourth-order valence-corrected chi connectivity index (χ4v) is 3.50. The lowest BCUT2D eigenvalue weighted by molar-refractivity contribution is -0.0277. The minimum atomic E-state index is -0.437. The molecule has 0 aromatic heterocycles. The second kappa shape index (κ2) is 7.94. The highest BCUT2D eigenvalue weighted by atomic mass is 16.6. The number of likely N-dealkylation sites (tertiary alicyclic amines) is 1. The normalized spacial score (nSPS) is 21.3. The molecule has 2 saturated heterocycles. The molecule has 0 spiro atoms. The molecule has 1 aromatic rings.